The Morgan fingerprint density at radius 3 is 2.72 bits per heavy atom. The van der Waals surface area contributed by atoms with Gasteiger partial charge in [0.25, 0.3) is 0 Å². The molecule has 5 nitrogen and oxygen atoms in total. The molecule has 0 fully saturated rings. The van der Waals surface area contributed by atoms with Crippen molar-refractivity contribution in [2.75, 3.05) is 19.2 Å². The van der Waals surface area contributed by atoms with E-state index in [1.54, 1.807) is 0 Å². The predicted molar refractivity (Wildman–Crippen MR) is 67.9 cm³/mol. The minimum absolute atomic E-state index is 0.280. The van der Waals surface area contributed by atoms with Crippen molar-refractivity contribution < 1.29 is 9.47 Å². The van der Waals surface area contributed by atoms with Gasteiger partial charge in [0.15, 0.2) is 17.3 Å². The molecular formula is C13H13N3O2. The molecule has 0 aliphatic carbocycles. The zero-order valence-electron chi connectivity index (χ0n) is 10.2. The lowest BCUT2D eigenvalue weighted by Crippen LogP contribution is -1.99. The van der Waals surface area contributed by atoms with E-state index in [0.717, 1.165) is 34.1 Å². The Labute approximate surface area is 105 Å². The third kappa shape index (κ3) is 1.73. The lowest BCUT2D eigenvalue weighted by molar-refractivity contribution is 0.174. The van der Waals surface area contributed by atoms with Crippen LogP contribution >= 0.6 is 0 Å². The van der Waals surface area contributed by atoms with Crippen LogP contribution in [0.5, 0.6) is 11.5 Å². The van der Waals surface area contributed by atoms with Crippen molar-refractivity contribution in [2.45, 2.75) is 6.92 Å². The highest BCUT2D eigenvalue weighted by Gasteiger charge is 2.14. The normalized spacial score (nSPS) is 12.6. The second-order valence-corrected chi connectivity index (χ2v) is 4.08. The second-order valence-electron chi connectivity index (χ2n) is 4.08. The summed E-state index contributed by atoms with van der Waals surface area (Å²) in [7, 11) is 1.83. The van der Waals surface area contributed by atoms with Gasteiger partial charge >= 0.3 is 0 Å². The number of hydrogen-bond acceptors (Lipinski definition) is 5. The van der Waals surface area contributed by atoms with Gasteiger partial charge in [0.2, 0.25) is 6.79 Å². The number of hydrogen-bond donors (Lipinski definition) is 1. The molecule has 1 aliphatic rings. The highest BCUT2D eigenvalue weighted by molar-refractivity contribution is 5.65. The maximum Gasteiger partial charge on any atom is 0.231 e. The maximum atomic E-state index is 5.35. The molecule has 0 unspecified atom stereocenters. The van der Waals surface area contributed by atoms with Gasteiger partial charge in [-0.15, -0.1) is 10.2 Å². The molecule has 0 spiro atoms. The number of ether oxygens (including phenoxy) is 2. The van der Waals surface area contributed by atoms with Crippen LogP contribution in [0.25, 0.3) is 11.3 Å². The maximum absolute atomic E-state index is 5.35. The Bertz CT molecular complexity index is 599. The zero-order chi connectivity index (χ0) is 12.5. The molecule has 0 amide bonds. The highest BCUT2D eigenvalue weighted by atomic mass is 16.7. The molecule has 1 N–H and O–H groups in total. The van der Waals surface area contributed by atoms with E-state index in [2.05, 4.69) is 15.5 Å². The van der Waals surface area contributed by atoms with E-state index < -0.39 is 0 Å². The largest absolute Gasteiger partial charge is 0.454 e. The van der Waals surface area contributed by atoms with Crippen molar-refractivity contribution in [1.29, 1.82) is 0 Å². The van der Waals surface area contributed by atoms with Crippen molar-refractivity contribution in [3.05, 3.63) is 29.8 Å². The molecule has 0 bridgehead atoms. The van der Waals surface area contributed by atoms with E-state index in [-0.39, 0.29) is 6.79 Å². The number of nitrogens with zero attached hydrogens (tertiary/aromatic N) is 2. The summed E-state index contributed by atoms with van der Waals surface area (Å²) in [6.07, 6.45) is 0. The van der Waals surface area contributed by atoms with Crippen LogP contribution in [0, 0.1) is 6.92 Å². The third-order valence-electron chi connectivity index (χ3n) is 2.89. The molecule has 3 rings (SSSR count). The van der Waals surface area contributed by atoms with E-state index >= 15 is 0 Å². The molecule has 1 aliphatic heterocycles. The predicted octanol–water partition coefficient (Wildman–Crippen LogP) is 2.22. The summed E-state index contributed by atoms with van der Waals surface area (Å²) in [5, 5.41) is 11.3. The monoisotopic (exact) mass is 243 g/mol. The van der Waals surface area contributed by atoms with Crippen LogP contribution in [0.2, 0.25) is 0 Å². The number of benzene rings is 1. The van der Waals surface area contributed by atoms with Crippen molar-refractivity contribution in [1.82, 2.24) is 10.2 Å². The molecular weight excluding hydrogens is 230 g/mol. The summed E-state index contributed by atoms with van der Waals surface area (Å²) in [4.78, 5) is 0. The first-order valence-electron chi connectivity index (χ1n) is 5.70. The van der Waals surface area contributed by atoms with Gasteiger partial charge in [-0.2, -0.15) is 0 Å². The lowest BCUT2D eigenvalue weighted by Gasteiger charge is -2.06. The van der Waals surface area contributed by atoms with Crippen LogP contribution in [0.4, 0.5) is 5.82 Å². The van der Waals surface area contributed by atoms with E-state index in [1.165, 1.54) is 0 Å². The topological polar surface area (TPSA) is 56.3 Å². The number of aromatic nitrogens is 2. The van der Waals surface area contributed by atoms with Crippen LogP contribution in [-0.4, -0.2) is 24.0 Å². The first-order chi connectivity index (χ1) is 8.78. The number of nitrogens with one attached hydrogen (secondary N) is 1. The van der Waals surface area contributed by atoms with Crippen molar-refractivity contribution >= 4 is 5.82 Å². The molecule has 2 heterocycles. The SMILES string of the molecule is CNc1nnc(-c2ccc3c(c2)OCO3)cc1C. The number of rotatable bonds is 2. The Hall–Kier alpha value is -2.30. The zero-order valence-corrected chi connectivity index (χ0v) is 10.2. The standard InChI is InChI=1S/C13H13N3O2/c1-8-5-10(15-16-13(8)14-2)9-3-4-11-12(6-9)18-7-17-11/h3-6H,7H2,1-2H3,(H,14,16). The lowest BCUT2D eigenvalue weighted by atomic mass is 10.1. The molecule has 1 aromatic carbocycles. The third-order valence-corrected chi connectivity index (χ3v) is 2.89. The van der Waals surface area contributed by atoms with Gasteiger partial charge in [-0.05, 0) is 36.8 Å². The van der Waals surface area contributed by atoms with E-state index in [9.17, 15) is 0 Å². The Morgan fingerprint density at radius 2 is 1.94 bits per heavy atom. The molecule has 18 heavy (non-hydrogen) atoms. The van der Waals surface area contributed by atoms with Crippen LogP contribution in [0.1, 0.15) is 5.56 Å². The van der Waals surface area contributed by atoms with Crippen LogP contribution < -0.4 is 14.8 Å². The van der Waals surface area contributed by atoms with Gasteiger partial charge in [0.05, 0.1) is 5.69 Å². The molecule has 5 heteroatoms. The second kappa shape index (κ2) is 4.18. The van der Waals surface area contributed by atoms with Crippen LogP contribution in [0.15, 0.2) is 24.3 Å². The fourth-order valence-corrected chi connectivity index (χ4v) is 1.93. The van der Waals surface area contributed by atoms with Crippen LogP contribution in [-0.2, 0) is 0 Å². The summed E-state index contributed by atoms with van der Waals surface area (Å²) in [6.45, 7) is 2.28. The van der Waals surface area contributed by atoms with Crippen molar-refractivity contribution in [2.24, 2.45) is 0 Å². The van der Waals surface area contributed by atoms with Gasteiger partial charge in [-0.3, -0.25) is 0 Å². The summed E-state index contributed by atoms with van der Waals surface area (Å²) < 4.78 is 10.6. The number of aryl methyl sites for hydroxylation is 1. The molecule has 0 atom stereocenters. The Kier molecular flexibility index (Phi) is 2.51. The average Bonchev–Trinajstić information content (AvgIpc) is 2.85. The van der Waals surface area contributed by atoms with Gasteiger partial charge in [0.1, 0.15) is 0 Å². The first kappa shape index (κ1) is 10.8. The fraction of sp³-hybridized carbons (Fsp3) is 0.231. The van der Waals surface area contributed by atoms with E-state index in [0.29, 0.717) is 0 Å². The highest BCUT2D eigenvalue weighted by Crippen LogP contribution is 2.35. The van der Waals surface area contributed by atoms with Crippen molar-refractivity contribution in [3.8, 4) is 22.8 Å². The molecule has 0 saturated carbocycles. The van der Waals surface area contributed by atoms with E-state index in [4.69, 9.17) is 9.47 Å². The van der Waals surface area contributed by atoms with Gasteiger partial charge < -0.3 is 14.8 Å². The first-order valence-corrected chi connectivity index (χ1v) is 5.70. The Balaban J connectivity index is 2.02. The summed E-state index contributed by atoms with van der Waals surface area (Å²) in [6, 6.07) is 7.76. The molecule has 92 valence electrons. The van der Waals surface area contributed by atoms with Crippen molar-refractivity contribution in [3.63, 3.8) is 0 Å². The van der Waals surface area contributed by atoms with Crippen LogP contribution in [0.3, 0.4) is 0 Å². The molecule has 2 aromatic rings. The quantitative estimate of drug-likeness (QED) is 0.876. The van der Waals surface area contributed by atoms with E-state index in [1.807, 2.05) is 38.2 Å². The van der Waals surface area contributed by atoms with Gasteiger partial charge in [-0.1, -0.05) is 0 Å². The smallest absolute Gasteiger partial charge is 0.231 e. The van der Waals surface area contributed by atoms with Gasteiger partial charge in [-0.25, -0.2) is 0 Å². The molecule has 0 saturated heterocycles. The minimum Gasteiger partial charge on any atom is -0.454 e. The Morgan fingerprint density at radius 1 is 1.11 bits per heavy atom. The number of fused-ring (bicyclic) bond motifs is 1. The minimum atomic E-state index is 0.280. The van der Waals surface area contributed by atoms with Gasteiger partial charge in [0, 0.05) is 12.6 Å². The summed E-state index contributed by atoms with van der Waals surface area (Å²) >= 11 is 0. The average molecular weight is 243 g/mol. The number of anilines is 1. The molecule has 0 radical (unpaired) electrons. The molecule has 1 aromatic heterocycles. The summed E-state index contributed by atoms with van der Waals surface area (Å²) in [5.41, 5.74) is 2.85. The fourth-order valence-electron chi connectivity index (χ4n) is 1.93. The summed E-state index contributed by atoms with van der Waals surface area (Å²) in [5.74, 6) is 2.32.